The van der Waals surface area contributed by atoms with Gasteiger partial charge in [0.15, 0.2) is 0 Å². The van der Waals surface area contributed by atoms with Crippen molar-refractivity contribution >= 4 is 46.0 Å². The monoisotopic (exact) mass is 270 g/mol. The fourth-order valence-corrected chi connectivity index (χ4v) is 2.15. The summed E-state index contributed by atoms with van der Waals surface area (Å²) in [5.41, 5.74) is 7.23. The molecule has 0 radical (unpaired) electrons. The number of fused-ring (bicyclic) bond motifs is 1. The van der Waals surface area contributed by atoms with Gasteiger partial charge in [0.1, 0.15) is 11.0 Å². The van der Waals surface area contributed by atoms with Crippen molar-refractivity contribution in [2.45, 2.75) is 12.8 Å². The van der Waals surface area contributed by atoms with Gasteiger partial charge in [-0.1, -0.05) is 11.6 Å². The van der Waals surface area contributed by atoms with Crippen LogP contribution in [0.25, 0.3) is 11.0 Å². The second-order valence-corrected chi connectivity index (χ2v) is 4.43. The summed E-state index contributed by atoms with van der Waals surface area (Å²) in [7, 11) is 0. The smallest absolute Gasteiger partial charge is 0.224 e. The molecule has 0 saturated heterocycles. The predicted octanol–water partition coefficient (Wildman–Crippen LogP) is 2.02. The molecule has 0 aliphatic rings. The maximum absolute atomic E-state index is 11.6. The molecule has 90 valence electrons. The summed E-state index contributed by atoms with van der Waals surface area (Å²) >= 11 is 7.13. The van der Waals surface area contributed by atoms with Gasteiger partial charge in [0, 0.05) is 6.42 Å². The summed E-state index contributed by atoms with van der Waals surface area (Å²) in [6.07, 6.45) is 1.02. The third-order valence-electron chi connectivity index (χ3n) is 2.25. The quantitative estimate of drug-likeness (QED) is 0.891. The largest absolute Gasteiger partial charge is 0.330 e. The van der Waals surface area contributed by atoms with Gasteiger partial charge in [0.25, 0.3) is 0 Å². The molecule has 0 spiro atoms. The van der Waals surface area contributed by atoms with Gasteiger partial charge < -0.3 is 11.1 Å². The van der Waals surface area contributed by atoms with Crippen LogP contribution in [-0.2, 0) is 4.79 Å². The van der Waals surface area contributed by atoms with Gasteiger partial charge in [-0.25, -0.2) is 0 Å². The fraction of sp³-hybridized carbons (Fsp3) is 0.300. The molecular formula is C10H11ClN4OS. The minimum absolute atomic E-state index is 0.113. The van der Waals surface area contributed by atoms with E-state index in [0.29, 0.717) is 35.6 Å². The Hall–Kier alpha value is -1.24. The fourth-order valence-electron chi connectivity index (χ4n) is 1.41. The average molecular weight is 271 g/mol. The third kappa shape index (κ3) is 2.71. The van der Waals surface area contributed by atoms with Gasteiger partial charge >= 0.3 is 0 Å². The van der Waals surface area contributed by atoms with E-state index in [2.05, 4.69) is 14.1 Å². The molecule has 1 aromatic carbocycles. The summed E-state index contributed by atoms with van der Waals surface area (Å²) in [5.74, 6) is -0.113. The van der Waals surface area contributed by atoms with Gasteiger partial charge in [0.05, 0.1) is 22.4 Å². The van der Waals surface area contributed by atoms with Gasteiger partial charge in [-0.2, -0.15) is 8.75 Å². The number of rotatable bonds is 4. The molecule has 7 heteroatoms. The van der Waals surface area contributed by atoms with Crippen molar-refractivity contribution in [2.24, 2.45) is 5.73 Å². The zero-order chi connectivity index (χ0) is 12.3. The Balaban J connectivity index is 2.25. The number of amides is 1. The lowest BCUT2D eigenvalue weighted by Crippen LogP contribution is -2.14. The van der Waals surface area contributed by atoms with Crippen LogP contribution in [0.2, 0.25) is 5.02 Å². The first kappa shape index (κ1) is 12.2. The van der Waals surface area contributed by atoms with Crippen LogP contribution in [0, 0.1) is 0 Å². The number of nitrogens with two attached hydrogens (primary N) is 1. The molecule has 3 N–H and O–H groups in total. The minimum Gasteiger partial charge on any atom is -0.330 e. The molecule has 2 rings (SSSR count). The highest BCUT2D eigenvalue weighted by Crippen LogP contribution is 2.29. The summed E-state index contributed by atoms with van der Waals surface area (Å²) < 4.78 is 8.21. The Labute approximate surface area is 107 Å². The van der Waals surface area contributed by atoms with E-state index >= 15 is 0 Å². The number of carbonyl (C=O) groups is 1. The van der Waals surface area contributed by atoms with Crippen LogP contribution in [0.4, 0.5) is 5.69 Å². The molecule has 0 aliphatic carbocycles. The molecule has 17 heavy (non-hydrogen) atoms. The van der Waals surface area contributed by atoms with Gasteiger partial charge in [-0.15, -0.1) is 0 Å². The van der Waals surface area contributed by atoms with E-state index in [1.807, 2.05) is 0 Å². The molecule has 5 nitrogen and oxygen atoms in total. The Morgan fingerprint density at radius 2 is 2.29 bits per heavy atom. The number of aromatic nitrogens is 2. The van der Waals surface area contributed by atoms with Crippen LogP contribution < -0.4 is 11.1 Å². The maximum Gasteiger partial charge on any atom is 0.224 e. The minimum atomic E-state index is -0.113. The normalized spacial score (nSPS) is 10.7. The van der Waals surface area contributed by atoms with E-state index < -0.39 is 0 Å². The summed E-state index contributed by atoms with van der Waals surface area (Å²) in [6.45, 7) is 0.490. The molecule has 2 aromatic rings. The lowest BCUT2D eigenvalue weighted by Gasteiger charge is -2.06. The lowest BCUT2D eigenvalue weighted by molar-refractivity contribution is -0.116. The molecule has 0 fully saturated rings. The third-order valence-corrected chi connectivity index (χ3v) is 3.11. The molecule has 0 atom stereocenters. The van der Waals surface area contributed by atoms with Crippen LogP contribution in [0.3, 0.4) is 0 Å². The van der Waals surface area contributed by atoms with Crippen LogP contribution >= 0.6 is 23.3 Å². The number of nitrogens with zero attached hydrogens (tertiary/aromatic N) is 2. The van der Waals surface area contributed by atoms with Crippen LogP contribution in [0.5, 0.6) is 0 Å². The molecule has 0 bridgehead atoms. The molecule has 1 aromatic heterocycles. The van der Waals surface area contributed by atoms with Crippen molar-refractivity contribution in [1.82, 2.24) is 8.75 Å². The number of hydrogen-bond acceptors (Lipinski definition) is 5. The SMILES string of the molecule is NCCCC(=O)Nc1c(Cl)ccc2nsnc12. The molecule has 0 saturated carbocycles. The standard InChI is InChI=1S/C10H11ClN4OS/c11-6-3-4-7-10(15-17-14-7)9(6)13-8(16)2-1-5-12/h3-4H,1-2,5,12H2,(H,13,16). The van der Waals surface area contributed by atoms with Crippen molar-refractivity contribution in [1.29, 1.82) is 0 Å². The molecular weight excluding hydrogens is 260 g/mol. The number of carbonyl (C=O) groups excluding carboxylic acids is 1. The van der Waals surface area contributed by atoms with Crippen LogP contribution in [0.15, 0.2) is 12.1 Å². The highest BCUT2D eigenvalue weighted by atomic mass is 35.5. The van der Waals surface area contributed by atoms with Crippen molar-refractivity contribution in [3.8, 4) is 0 Å². The first-order valence-corrected chi connectivity index (χ1v) is 6.24. The first-order valence-electron chi connectivity index (χ1n) is 5.13. The highest BCUT2D eigenvalue weighted by Gasteiger charge is 2.12. The predicted molar refractivity (Wildman–Crippen MR) is 69.3 cm³/mol. The van der Waals surface area contributed by atoms with Crippen molar-refractivity contribution in [3.05, 3.63) is 17.2 Å². The number of anilines is 1. The highest BCUT2D eigenvalue weighted by molar-refractivity contribution is 7.00. The summed E-state index contributed by atoms with van der Waals surface area (Å²) in [4.78, 5) is 11.6. The molecule has 0 unspecified atom stereocenters. The van der Waals surface area contributed by atoms with E-state index in [-0.39, 0.29) is 5.91 Å². The van der Waals surface area contributed by atoms with Gasteiger partial charge in [-0.3, -0.25) is 4.79 Å². The first-order chi connectivity index (χ1) is 8.22. The van der Waals surface area contributed by atoms with E-state index in [4.69, 9.17) is 17.3 Å². The Kier molecular flexibility index (Phi) is 3.88. The second-order valence-electron chi connectivity index (χ2n) is 3.49. The topological polar surface area (TPSA) is 80.9 Å². The Morgan fingerprint density at radius 1 is 1.47 bits per heavy atom. The van der Waals surface area contributed by atoms with Crippen LogP contribution in [0.1, 0.15) is 12.8 Å². The van der Waals surface area contributed by atoms with E-state index in [9.17, 15) is 4.79 Å². The molecule has 1 amide bonds. The summed E-state index contributed by atoms with van der Waals surface area (Å²) in [5, 5.41) is 3.22. The molecule has 0 aliphatic heterocycles. The van der Waals surface area contributed by atoms with E-state index in [1.165, 1.54) is 0 Å². The van der Waals surface area contributed by atoms with Crippen LogP contribution in [-0.4, -0.2) is 21.2 Å². The number of nitrogens with one attached hydrogen (secondary N) is 1. The van der Waals surface area contributed by atoms with Crippen molar-refractivity contribution < 1.29 is 4.79 Å². The van der Waals surface area contributed by atoms with Gasteiger partial charge in [0.2, 0.25) is 5.91 Å². The Bertz CT molecular complexity index is 542. The second kappa shape index (κ2) is 5.39. The number of benzene rings is 1. The molecule has 1 heterocycles. The summed E-state index contributed by atoms with van der Waals surface area (Å²) in [6, 6.07) is 3.47. The van der Waals surface area contributed by atoms with Crippen molar-refractivity contribution in [3.63, 3.8) is 0 Å². The zero-order valence-electron chi connectivity index (χ0n) is 8.94. The van der Waals surface area contributed by atoms with E-state index in [1.54, 1.807) is 12.1 Å². The van der Waals surface area contributed by atoms with Crippen molar-refractivity contribution in [2.75, 3.05) is 11.9 Å². The lowest BCUT2D eigenvalue weighted by atomic mass is 10.2. The van der Waals surface area contributed by atoms with E-state index in [0.717, 1.165) is 17.2 Å². The Morgan fingerprint density at radius 3 is 3.06 bits per heavy atom. The van der Waals surface area contributed by atoms with Gasteiger partial charge in [-0.05, 0) is 25.1 Å². The zero-order valence-corrected chi connectivity index (χ0v) is 10.5. The number of hydrogen-bond donors (Lipinski definition) is 2. The maximum atomic E-state index is 11.6. The average Bonchev–Trinajstić information content (AvgIpc) is 2.78. The number of halogens is 1.